The quantitative estimate of drug-likeness (QED) is 0.625. The number of hydrogen-bond acceptors (Lipinski definition) is 5. The highest BCUT2D eigenvalue weighted by atomic mass is 19.1. The van der Waals surface area contributed by atoms with Crippen molar-refractivity contribution in [3.8, 4) is 5.82 Å². The Balaban J connectivity index is 1.48. The van der Waals surface area contributed by atoms with Gasteiger partial charge in [-0.15, -0.1) is 0 Å². The Morgan fingerprint density at radius 1 is 1.11 bits per heavy atom. The summed E-state index contributed by atoms with van der Waals surface area (Å²) in [5.41, 5.74) is 2.68. The molecule has 2 heterocycles. The van der Waals surface area contributed by atoms with Crippen LogP contribution in [0.25, 0.3) is 5.82 Å². The Hall–Kier alpha value is -3.29. The molecule has 0 saturated carbocycles. The summed E-state index contributed by atoms with van der Waals surface area (Å²) in [6.45, 7) is 4.85. The van der Waals surface area contributed by atoms with Crippen LogP contribution in [0.3, 0.4) is 0 Å². The van der Waals surface area contributed by atoms with E-state index in [0.717, 1.165) is 17.0 Å². The molecule has 2 N–H and O–H groups in total. The Bertz CT molecular complexity index is 922. The largest absolute Gasteiger partial charge is 0.368 e. The molecule has 8 heteroatoms. The van der Waals surface area contributed by atoms with Crippen molar-refractivity contribution in [3.05, 3.63) is 65.5 Å². The number of aryl methyl sites for hydroxylation is 2. The van der Waals surface area contributed by atoms with Crippen LogP contribution in [0.2, 0.25) is 0 Å². The third-order valence-corrected chi connectivity index (χ3v) is 3.91. The van der Waals surface area contributed by atoms with Crippen molar-refractivity contribution in [2.45, 2.75) is 20.3 Å². The molecule has 1 amide bonds. The lowest BCUT2D eigenvalue weighted by Gasteiger charge is -2.09. The fraction of sp³-hybridized carbons (Fsp3) is 0.263. The van der Waals surface area contributed by atoms with Gasteiger partial charge in [0.2, 0.25) is 5.91 Å². The van der Waals surface area contributed by atoms with Gasteiger partial charge in [-0.2, -0.15) is 5.10 Å². The van der Waals surface area contributed by atoms with Crippen LogP contribution < -0.4 is 10.6 Å². The topological polar surface area (TPSA) is 84.7 Å². The second kappa shape index (κ2) is 8.39. The summed E-state index contributed by atoms with van der Waals surface area (Å²) >= 11 is 0. The molecular formula is C19H21FN6O. The lowest BCUT2D eigenvalue weighted by molar-refractivity contribution is -0.120. The summed E-state index contributed by atoms with van der Waals surface area (Å²) < 4.78 is 14.6. The normalized spacial score (nSPS) is 10.6. The van der Waals surface area contributed by atoms with Crippen LogP contribution in [0.1, 0.15) is 17.0 Å². The van der Waals surface area contributed by atoms with Crippen molar-refractivity contribution in [1.29, 1.82) is 0 Å². The summed E-state index contributed by atoms with van der Waals surface area (Å²) in [5, 5.41) is 10.4. The molecule has 7 nitrogen and oxygen atoms in total. The molecule has 0 aliphatic carbocycles. The average Bonchev–Trinajstić information content (AvgIpc) is 2.99. The standard InChI is InChI=1S/C19H21FN6O/c1-13-9-14(2)26(25-13)18-11-17(23-12-24-18)21-7-8-22-19(27)10-15-3-5-16(20)6-4-15/h3-6,9,11-12H,7-8,10H2,1-2H3,(H,22,27)(H,21,23,24). The van der Waals surface area contributed by atoms with E-state index in [1.807, 2.05) is 19.9 Å². The van der Waals surface area contributed by atoms with E-state index in [0.29, 0.717) is 24.7 Å². The van der Waals surface area contributed by atoms with Crippen molar-refractivity contribution in [1.82, 2.24) is 25.1 Å². The molecule has 0 unspecified atom stereocenters. The van der Waals surface area contributed by atoms with E-state index in [2.05, 4.69) is 25.7 Å². The van der Waals surface area contributed by atoms with Crippen molar-refractivity contribution in [3.63, 3.8) is 0 Å². The summed E-state index contributed by atoms with van der Waals surface area (Å²) in [4.78, 5) is 20.3. The predicted octanol–water partition coefficient (Wildman–Crippen LogP) is 2.19. The van der Waals surface area contributed by atoms with Crippen LogP contribution in [0, 0.1) is 19.7 Å². The molecule has 0 saturated heterocycles. The molecule has 2 aromatic heterocycles. The van der Waals surface area contributed by atoms with E-state index in [1.54, 1.807) is 22.9 Å². The first kappa shape index (κ1) is 18.5. The van der Waals surface area contributed by atoms with Gasteiger partial charge >= 0.3 is 0 Å². The minimum Gasteiger partial charge on any atom is -0.368 e. The molecule has 0 spiro atoms. The smallest absolute Gasteiger partial charge is 0.224 e. The van der Waals surface area contributed by atoms with E-state index < -0.39 is 0 Å². The molecule has 3 aromatic rings. The molecule has 0 fully saturated rings. The van der Waals surface area contributed by atoms with Gasteiger partial charge in [-0.05, 0) is 37.6 Å². The highest BCUT2D eigenvalue weighted by molar-refractivity contribution is 5.78. The van der Waals surface area contributed by atoms with Gasteiger partial charge in [0.05, 0.1) is 12.1 Å². The Morgan fingerprint density at radius 3 is 2.59 bits per heavy atom. The zero-order valence-corrected chi connectivity index (χ0v) is 15.2. The van der Waals surface area contributed by atoms with E-state index >= 15 is 0 Å². The van der Waals surface area contributed by atoms with Crippen LogP contribution in [-0.4, -0.2) is 38.7 Å². The number of nitrogens with zero attached hydrogens (tertiary/aromatic N) is 4. The second-order valence-corrected chi connectivity index (χ2v) is 6.18. The second-order valence-electron chi connectivity index (χ2n) is 6.18. The summed E-state index contributed by atoms with van der Waals surface area (Å²) in [5.74, 6) is 0.904. The van der Waals surface area contributed by atoms with E-state index in [-0.39, 0.29) is 18.1 Å². The number of carbonyl (C=O) groups excluding carboxylic acids is 1. The van der Waals surface area contributed by atoms with Gasteiger partial charge in [-0.1, -0.05) is 12.1 Å². The first-order chi connectivity index (χ1) is 13.0. The summed E-state index contributed by atoms with van der Waals surface area (Å²) in [7, 11) is 0. The van der Waals surface area contributed by atoms with Gasteiger partial charge < -0.3 is 10.6 Å². The van der Waals surface area contributed by atoms with Gasteiger partial charge in [0.15, 0.2) is 5.82 Å². The minimum atomic E-state index is -0.312. The Kier molecular flexibility index (Phi) is 5.75. The van der Waals surface area contributed by atoms with Gasteiger partial charge in [-0.3, -0.25) is 4.79 Å². The lowest BCUT2D eigenvalue weighted by atomic mass is 10.1. The van der Waals surface area contributed by atoms with Crippen molar-refractivity contribution >= 4 is 11.7 Å². The van der Waals surface area contributed by atoms with Gasteiger partial charge in [0, 0.05) is 24.8 Å². The van der Waals surface area contributed by atoms with Gasteiger partial charge in [0.1, 0.15) is 18.0 Å². The van der Waals surface area contributed by atoms with Crippen LogP contribution in [0.4, 0.5) is 10.2 Å². The van der Waals surface area contributed by atoms with Crippen LogP contribution in [0.5, 0.6) is 0 Å². The lowest BCUT2D eigenvalue weighted by Crippen LogP contribution is -2.30. The number of rotatable bonds is 7. The zero-order valence-electron chi connectivity index (χ0n) is 15.2. The van der Waals surface area contributed by atoms with E-state index in [1.165, 1.54) is 18.5 Å². The molecule has 0 aliphatic rings. The fourth-order valence-corrected chi connectivity index (χ4v) is 2.66. The van der Waals surface area contributed by atoms with Gasteiger partial charge in [-0.25, -0.2) is 19.0 Å². The Labute approximate surface area is 156 Å². The van der Waals surface area contributed by atoms with Crippen molar-refractivity contribution in [2.75, 3.05) is 18.4 Å². The third-order valence-electron chi connectivity index (χ3n) is 3.91. The molecule has 0 aliphatic heterocycles. The number of aromatic nitrogens is 4. The highest BCUT2D eigenvalue weighted by Crippen LogP contribution is 2.12. The number of anilines is 1. The number of carbonyl (C=O) groups is 1. The summed E-state index contributed by atoms with van der Waals surface area (Å²) in [6.07, 6.45) is 1.69. The molecule has 0 radical (unpaired) electrons. The predicted molar refractivity (Wildman–Crippen MR) is 100 cm³/mol. The molecule has 140 valence electrons. The third kappa shape index (κ3) is 5.10. The maximum atomic E-state index is 12.9. The fourth-order valence-electron chi connectivity index (χ4n) is 2.66. The number of halogens is 1. The van der Waals surface area contributed by atoms with Crippen LogP contribution in [-0.2, 0) is 11.2 Å². The van der Waals surface area contributed by atoms with Crippen molar-refractivity contribution in [2.24, 2.45) is 0 Å². The number of nitrogens with one attached hydrogen (secondary N) is 2. The maximum Gasteiger partial charge on any atom is 0.224 e. The minimum absolute atomic E-state index is 0.116. The Morgan fingerprint density at radius 2 is 1.89 bits per heavy atom. The van der Waals surface area contributed by atoms with E-state index in [9.17, 15) is 9.18 Å². The van der Waals surface area contributed by atoms with Crippen molar-refractivity contribution < 1.29 is 9.18 Å². The molecule has 27 heavy (non-hydrogen) atoms. The SMILES string of the molecule is Cc1cc(C)n(-c2cc(NCCNC(=O)Cc3ccc(F)cc3)ncn2)n1. The molecular weight excluding hydrogens is 347 g/mol. The number of hydrogen-bond donors (Lipinski definition) is 2. The maximum absolute atomic E-state index is 12.9. The highest BCUT2D eigenvalue weighted by Gasteiger charge is 2.07. The average molecular weight is 368 g/mol. The monoisotopic (exact) mass is 368 g/mol. The number of amides is 1. The molecule has 1 aromatic carbocycles. The zero-order chi connectivity index (χ0) is 19.2. The van der Waals surface area contributed by atoms with Gasteiger partial charge in [0.25, 0.3) is 0 Å². The van der Waals surface area contributed by atoms with E-state index in [4.69, 9.17) is 0 Å². The molecule has 3 rings (SSSR count). The van der Waals surface area contributed by atoms with Crippen LogP contribution >= 0.6 is 0 Å². The van der Waals surface area contributed by atoms with Crippen LogP contribution in [0.15, 0.2) is 42.7 Å². The molecule has 0 bridgehead atoms. The summed E-state index contributed by atoms with van der Waals surface area (Å²) in [6, 6.07) is 9.69. The first-order valence-electron chi connectivity index (χ1n) is 8.62. The first-order valence-corrected chi connectivity index (χ1v) is 8.62. The molecule has 0 atom stereocenters. The number of benzene rings is 1.